The molecule has 0 saturated carbocycles. The SMILES string of the molecule is CCNC(=NCc1ccc(OCCN(CC)CC)c(OC)c1)NCC(=O)N1CCCC1. The average Bonchev–Trinajstić information content (AvgIpc) is 3.34. The van der Waals surface area contributed by atoms with Crippen molar-refractivity contribution in [2.24, 2.45) is 4.99 Å². The molecule has 174 valence electrons. The van der Waals surface area contributed by atoms with Crippen molar-refractivity contribution in [3.8, 4) is 11.5 Å². The van der Waals surface area contributed by atoms with E-state index in [-0.39, 0.29) is 12.5 Å². The Bertz CT molecular complexity index is 700. The fraction of sp³-hybridized carbons (Fsp3) is 0.652. The third kappa shape index (κ3) is 8.28. The highest BCUT2D eigenvalue weighted by Crippen LogP contribution is 2.28. The maximum Gasteiger partial charge on any atom is 0.241 e. The normalized spacial score (nSPS) is 14.1. The molecule has 1 saturated heterocycles. The summed E-state index contributed by atoms with van der Waals surface area (Å²) in [5.74, 6) is 2.20. The summed E-state index contributed by atoms with van der Waals surface area (Å²) in [6, 6.07) is 5.88. The summed E-state index contributed by atoms with van der Waals surface area (Å²) in [4.78, 5) is 21.1. The number of hydrogen-bond donors (Lipinski definition) is 2. The second kappa shape index (κ2) is 13.7. The summed E-state index contributed by atoms with van der Waals surface area (Å²) in [6.07, 6.45) is 2.19. The highest BCUT2D eigenvalue weighted by Gasteiger charge is 2.17. The van der Waals surface area contributed by atoms with Gasteiger partial charge < -0.3 is 29.9 Å². The number of ether oxygens (including phenoxy) is 2. The molecule has 8 nitrogen and oxygen atoms in total. The monoisotopic (exact) mass is 433 g/mol. The Morgan fingerprint density at radius 1 is 1.13 bits per heavy atom. The highest BCUT2D eigenvalue weighted by atomic mass is 16.5. The molecule has 0 aromatic heterocycles. The molecule has 2 N–H and O–H groups in total. The molecule has 1 amide bonds. The molecule has 1 aliphatic rings. The number of hydrogen-bond acceptors (Lipinski definition) is 5. The third-order valence-corrected chi connectivity index (χ3v) is 5.42. The first-order chi connectivity index (χ1) is 15.1. The number of amides is 1. The number of aliphatic imine (C=N–C) groups is 1. The largest absolute Gasteiger partial charge is 0.493 e. The van der Waals surface area contributed by atoms with E-state index in [9.17, 15) is 4.79 Å². The van der Waals surface area contributed by atoms with Crippen molar-refractivity contribution in [3.05, 3.63) is 23.8 Å². The van der Waals surface area contributed by atoms with Crippen LogP contribution < -0.4 is 20.1 Å². The molecule has 0 unspecified atom stereocenters. The van der Waals surface area contributed by atoms with Crippen LogP contribution in [0.15, 0.2) is 23.2 Å². The van der Waals surface area contributed by atoms with Gasteiger partial charge in [-0.1, -0.05) is 19.9 Å². The van der Waals surface area contributed by atoms with E-state index >= 15 is 0 Å². The standard InChI is InChI=1S/C23H39N5O3/c1-5-24-23(26-18-22(29)28-12-8-9-13-28)25-17-19-10-11-20(21(16-19)30-4)31-15-14-27(6-2)7-3/h10-11,16H,5-9,12-15,17-18H2,1-4H3,(H2,24,25,26). The van der Waals surface area contributed by atoms with E-state index in [0.29, 0.717) is 24.9 Å². The Labute approximate surface area is 187 Å². The lowest BCUT2D eigenvalue weighted by molar-refractivity contribution is -0.128. The van der Waals surface area contributed by atoms with Crippen LogP contribution in [0, 0.1) is 0 Å². The summed E-state index contributed by atoms with van der Waals surface area (Å²) in [6.45, 7) is 13.0. The number of guanidine groups is 1. The van der Waals surface area contributed by atoms with Crippen molar-refractivity contribution < 1.29 is 14.3 Å². The van der Waals surface area contributed by atoms with Gasteiger partial charge in [-0.2, -0.15) is 0 Å². The summed E-state index contributed by atoms with van der Waals surface area (Å²) in [5, 5.41) is 6.34. The molecule has 0 spiro atoms. The molecule has 1 aliphatic heterocycles. The number of likely N-dealkylation sites (tertiary alicyclic amines) is 1. The minimum atomic E-state index is 0.121. The number of carbonyl (C=O) groups excluding carboxylic acids is 1. The van der Waals surface area contributed by atoms with Gasteiger partial charge in [0.25, 0.3) is 0 Å². The van der Waals surface area contributed by atoms with E-state index in [1.54, 1.807) is 7.11 Å². The number of methoxy groups -OCH3 is 1. The van der Waals surface area contributed by atoms with Gasteiger partial charge in [0, 0.05) is 26.2 Å². The zero-order chi connectivity index (χ0) is 22.5. The highest BCUT2D eigenvalue weighted by molar-refractivity contribution is 5.86. The van der Waals surface area contributed by atoms with Crippen LogP contribution in [0.25, 0.3) is 0 Å². The number of benzene rings is 1. The minimum absolute atomic E-state index is 0.121. The second-order valence-electron chi connectivity index (χ2n) is 7.50. The van der Waals surface area contributed by atoms with E-state index in [2.05, 4.69) is 34.4 Å². The molecule has 0 bridgehead atoms. The van der Waals surface area contributed by atoms with Crippen LogP contribution in [0.1, 0.15) is 39.2 Å². The van der Waals surface area contributed by atoms with Crippen LogP contribution >= 0.6 is 0 Å². The van der Waals surface area contributed by atoms with Crippen molar-refractivity contribution in [2.45, 2.75) is 40.2 Å². The van der Waals surface area contributed by atoms with Crippen molar-refractivity contribution in [3.63, 3.8) is 0 Å². The molecule has 0 atom stereocenters. The van der Waals surface area contributed by atoms with Gasteiger partial charge in [0.05, 0.1) is 20.2 Å². The molecule has 0 radical (unpaired) electrons. The first-order valence-corrected chi connectivity index (χ1v) is 11.4. The Kier molecular flexibility index (Phi) is 11.0. The number of carbonyl (C=O) groups is 1. The minimum Gasteiger partial charge on any atom is -0.493 e. The summed E-state index contributed by atoms with van der Waals surface area (Å²) in [7, 11) is 1.65. The molecular weight excluding hydrogens is 394 g/mol. The Morgan fingerprint density at radius 3 is 2.52 bits per heavy atom. The fourth-order valence-electron chi connectivity index (χ4n) is 3.50. The number of likely N-dealkylation sites (N-methyl/N-ethyl adjacent to an activating group) is 1. The van der Waals surface area contributed by atoms with Gasteiger partial charge in [0.1, 0.15) is 6.61 Å². The number of nitrogens with one attached hydrogen (secondary N) is 2. The van der Waals surface area contributed by atoms with E-state index < -0.39 is 0 Å². The smallest absolute Gasteiger partial charge is 0.241 e. The van der Waals surface area contributed by atoms with Crippen LogP contribution in [0.4, 0.5) is 0 Å². The van der Waals surface area contributed by atoms with Crippen LogP contribution in [0.3, 0.4) is 0 Å². The molecule has 1 aromatic carbocycles. The molecule has 1 heterocycles. The van der Waals surface area contributed by atoms with Crippen molar-refractivity contribution in [1.29, 1.82) is 0 Å². The Balaban J connectivity index is 1.92. The van der Waals surface area contributed by atoms with Crippen LogP contribution in [-0.2, 0) is 11.3 Å². The maximum atomic E-state index is 12.3. The molecule has 1 fully saturated rings. The van der Waals surface area contributed by atoms with Gasteiger partial charge in [-0.3, -0.25) is 4.79 Å². The van der Waals surface area contributed by atoms with Gasteiger partial charge >= 0.3 is 0 Å². The zero-order valence-corrected chi connectivity index (χ0v) is 19.6. The van der Waals surface area contributed by atoms with Crippen molar-refractivity contribution >= 4 is 11.9 Å². The lowest BCUT2D eigenvalue weighted by Crippen LogP contribution is -2.44. The van der Waals surface area contributed by atoms with Crippen molar-refractivity contribution in [2.75, 3.05) is 59.5 Å². The zero-order valence-electron chi connectivity index (χ0n) is 19.6. The van der Waals surface area contributed by atoms with E-state index in [1.165, 1.54) is 0 Å². The predicted octanol–water partition coefficient (Wildman–Crippen LogP) is 2.09. The Morgan fingerprint density at radius 2 is 1.87 bits per heavy atom. The maximum absolute atomic E-state index is 12.3. The molecule has 2 rings (SSSR count). The van der Waals surface area contributed by atoms with Crippen LogP contribution in [-0.4, -0.2) is 81.2 Å². The molecule has 1 aromatic rings. The first kappa shape index (κ1) is 24.8. The first-order valence-electron chi connectivity index (χ1n) is 11.4. The van der Waals surface area contributed by atoms with Gasteiger partial charge in [-0.25, -0.2) is 4.99 Å². The third-order valence-electron chi connectivity index (χ3n) is 5.42. The second-order valence-corrected chi connectivity index (χ2v) is 7.50. The van der Waals surface area contributed by atoms with Crippen LogP contribution in [0.2, 0.25) is 0 Å². The van der Waals surface area contributed by atoms with Gasteiger partial charge in [0.2, 0.25) is 5.91 Å². The Hall–Kier alpha value is -2.48. The number of nitrogens with zero attached hydrogens (tertiary/aromatic N) is 3. The summed E-state index contributed by atoms with van der Waals surface area (Å²) in [5.41, 5.74) is 1.01. The molecule has 0 aliphatic carbocycles. The summed E-state index contributed by atoms with van der Waals surface area (Å²) >= 11 is 0. The molecular formula is C23H39N5O3. The van der Waals surface area contributed by atoms with Gasteiger partial charge in [-0.15, -0.1) is 0 Å². The average molecular weight is 434 g/mol. The quantitative estimate of drug-likeness (QED) is 0.388. The predicted molar refractivity (Wildman–Crippen MR) is 125 cm³/mol. The molecule has 8 heteroatoms. The summed E-state index contributed by atoms with van der Waals surface area (Å²) < 4.78 is 11.4. The lowest BCUT2D eigenvalue weighted by atomic mass is 10.2. The van der Waals surface area contributed by atoms with Gasteiger partial charge in [-0.05, 0) is 50.6 Å². The fourth-order valence-corrected chi connectivity index (χ4v) is 3.50. The van der Waals surface area contributed by atoms with Gasteiger partial charge in [0.15, 0.2) is 17.5 Å². The lowest BCUT2D eigenvalue weighted by Gasteiger charge is -2.19. The topological polar surface area (TPSA) is 78.4 Å². The van der Waals surface area contributed by atoms with Crippen LogP contribution in [0.5, 0.6) is 11.5 Å². The molecule has 31 heavy (non-hydrogen) atoms. The van der Waals surface area contributed by atoms with Crippen molar-refractivity contribution in [1.82, 2.24) is 20.4 Å². The van der Waals surface area contributed by atoms with E-state index in [4.69, 9.17) is 9.47 Å². The van der Waals surface area contributed by atoms with E-state index in [1.807, 2.05) is 30.0 Å². The number of rotatable bonds is 12. The van der Waals surface area contributed by atoms with E-state index in [0.717, 1.165) is 63.4 Å².